The van der Waals surface area contributed by atoms with Gasteiger partial charge >= 0.3 is 0 Å². The lowest BCUT2D eigenvalue weighted by Gasteiger charge is -2.07. The molecule has 1 unspecified atom stereocenters. The highest BCUT2D eigenvalue weighted by molar-refractivity contribution is 5.78. The predicted molar refractivity (Wildman–Crippen MR) is 39.6 cm³/mol. The van der Waals surface area contributed by atoms with Crippen molar-refractivity contribution in [1.29, 1.82) is 0 Å². The lowest BCUT2D eigenvalue weighted by atomic mass is 10.2. The fourth-order valence-corrected chi connectivity index (χ4v) is 0.505. The maximum atomic E-state index is 10.9. The van der Waals surface area contributed by atoms with Crippen LogP contribution in [0.1, 0.15) is 20.3 Å². The molecule has 0 aliphatic heterocycles. The van der Waals surface area contributed by atoms with Crippen molar-refractivity contribution in [3.63, 3.8) is 0 Å². The van der Waals surface area contributed by atoms with E-state index in [1.165, 1.54) is 0 Å². The Morgan fingerprint density at radius 3 is 2.70 bits per heavy atom. The van der Waals surface area contributed by atoms with E-state index < -0.39 is 0 Å². The number of hydrogen-bond acceptors (Lipinski definition) is 2. The van der Waals surface area contributed by atoms with Gasteiger partial charge in [0, 0.05) is 6.54 Å². The molecule has 1 atom stereocenters. The molecule has 0 aromatic heterocycles. The smallest absolute Gasteiger partial charge is 0.225 e. The van der Waals surface area contributed by atoms with Crippen LogP contribution >= 0.6 is 0 Å². The van der Waals surface area contributed by atoms with Crippen molar-refractivity contribution in [3.8, 4) is 0 Å². The molecule has 0 bridgehead atoms. The molecular formula is C7H15NO2. The minimum Gasteiger partial charge on any atom is -0.396 e. The van der Waals surface area contributed by atoms with Crippen molar-refractivity contribution < 1.29 is 9.90 Å². The Balaban J connectivity index is 3.42. The van der Waals surface area contributed by atoms with Gasteiger partial charge in [0.25, 0.3) is 0 Å². The number of aliphatic hydroxyl groups excluding tert-OH is 1. The molecule has 3 nitrogen and oxygen atoms in total. The van der Waals surface area contributed by atoms with Crippen molar-refractivity contribution in [2.75, 3.05) is 13.2 Å². The highest BCUT2D eigenvalue weighted by Gasteiger charge is 2.08. The van der Waals surface area contributed by atoms with E-state index in [4.69, 9.17) is 5.11 Å². The highest BCUT2D eigenvalue weighted by Crippen LogP contribution is 1.90. The summed E-state index contributed by atoms with van der Waals surface area (Å²) in [5.41, 5.74) is 0. The highest BCUT2D eigenvalue weighted by atomic mass is 16.3. The van der Waals surface area contributed by atoms with Crippen LogP contribution in [0.5, 0.6) is 0 Å². The number of aliphatic hydroxyl groups is 1. The Hall–Kier alpha value is -0.570. The third kappa shape index (κ3) is 3.45. The number of carbonyl (C=O) groups excluding carboxylic acids is 1. The van der Waals surface area contributed by atoms with E-state index in [1.54, 1.807) is 6.92 Å². The van der Waals surface area contributed by atoms with Crippen LogP contribution in [0, 0.1) is 5.92 Å². The number of rotatable bonds is 4. The van der Waals surface area contributed by atoms with Crippen LogP contribution in [-0.2, 0) is 4.79 Å². The van der Waals surface area contributed by atoms with Gasteiger partial charge in [-0.05, 0) is 6.42 Å². The fraction of sp³-hybridized carbons (Fsp3) is 0.857. The zero-order chi connectivity index (χ0) is 7.98. The quantitative estimate of drug-likeness (QED) is 0.591. The van der Waals surface area contributed by atoms with Crippen molar-refractivity contribution in [1.82, 2.24) is 5.32 Å². The van der Waals surface area contributed by atoms with Crippen molar-refractivity contribution >= 4 is 5.91 Å². The molecule has 1 amide bonds. The molecule has 60 valence electrons. The standard InChI is InChI=1S/C7H15NO2/c1-3-4-8-7(10)6(2)5-9/h6,9H,3-5H2,1-2H3,(H,8,10). The Bertz CT molecular complexity index is 104. The molecule has 0 radical (unpaired) electrons. The van der Waals surface area contributed by atoms with Crippen molar-refractivity contribution in [3.05, 3.63) is 0 Å². The number of hydrogen-bond donors (Lipinski definition) is 2. The Morgan fingerprint density at radius 1 is 1.70 bits per heavy atom. The summed E-state index contributed by atoms with van der Waals surface area (Å²) in [7, 11) is 0. The van der Waals surface area contributed by atoms with Crippen LogP contribution in [0.4, 0.5) is 0 Å². The van der Waals surface area contributed by atoms with Crippen LogP contribution in [0.3, 0.4) is 0 Å². The van der Waals surface area contributed by atoms with E-state index in [2.05, 4.69) is 5.32 Å². The average Bonchev–Trinajstić information content (AvgIpc) is 1.98. The van der Waals surface area contributed by atoms with E-state index in [9.17, 15) is 4.79 Å². The van der Waals surface area contributed by atoms with Gasteiger partial charge in [-0.25, -0.2) is 0 Å². The largest absolute Gasteiger partial charge is 0.396 e. The van der Waals surface area contributed by atoms with Gasteiger partial charge in [0.2, 0.25) is 5.91 Å². The van der Waals surface area contributed by atoms with Gasteiger partial charge in [-0.3, -0.25) is 4.79 Å². The fourth-order valence-electron chi connectivity index (χ4n) is 0.505. The summed E-state index contributed by atoms with van der Waals surface area (Å²) in [4.78, 5) is 10.9. The van der Waals surface area contributed by atoms with E-state index in [0.717, 1.165) is 6.42 Å². The van der Waals surface area contributed by atoms with Crippen LogP contribution in [0.25, 0.3) is 0 Å². The molecule has 0 aromatic carbocycles. The Kier molecular flexibility index (Phi) is 4.94. The zero-order valence-corrected chi connectivity index (χ0v) is 6.55. The molecule has 2 N–H and O–H groups in total. The van der Waals surface area contributed by atoms with E-state index >= 15 is 0 Å². The van der Waals surface area contributed by atoms with E-state index in [1.807, 2.05) is 6.92 Å². The van der Waals surface area contributed by atoms with Gasteiger partial charge in [-0.15, -0.1) is 0 Å². The molecule has 0 spiro atoms. The molecule has 0 rings (SSSR count). The third-order valence-electron chi connectivity index (χ3n) is 1.27. The van der Waals surface area contributed by atoms with Crippen LogP contribution in [0.15, 0.2) is 0 Å². The summed E-state index contributed by atoms with van der Waals surface area (Å²) in [6.07, 6.45) is 0.934. The van der Waals surface area contributed by atoms with Crippen LogP contribution < -0.4 is 5.32 Å². The van der Waals surface area contributed by atoms with Gasteiger partial charge in [0.15, 0.2) is 0 Å². The van der Waals surface area contributed by atoms with Crippen molar-refractivity contribution in [2.45, 2.75) is 20.3 Å². The third-order valence-corrected chi connectivity index (χ3v) is 1.27. The van der Waals surface area contributed by atoms with Gasteiger partial charge in [0.1, 0.15) is 0 Å². The molecule has 0 saturated carbocycles. The molecule has 0 aliphatic rings. The molecule has 10 heavy (non-hydrogen) atoms. The molecule has 0 heterocycles. The topological polar surface area (TPSA) is 49.3 Å². The maximum Gasteiger partial charge on any atom is 0.225 e. The molecule has 3 heteroatoms. The van der Waals surface area contributed by atoms with Gasteiger partial charge in [0.05, 0.1) is 12.5 Å². The van der Waals surface area contributed by atoms with Gasteiger partial charge in [-0.2, -0.15) is 0 Å². The summed E-state index contributed by atoms with van der Waals surface area (Å²) < 4.78 is 0. The first-order valence-corrected chi connectivity index (χ1v) is 3.61. The minimum absolute atomic E-state index is 0.0654. The Morgan fingerprint density at radius 2 is 2.30 bits per heavy atom. The first-order valence-electron chi connectivity index (χ1n) is 3.61. The second-order valence-corrected chi connectivity index (χ2v) is 2.37. The predicted octanol–water partition coefficient (Wildman–Crippen LogP) is 0.141. The molecule has 0 aliphatic carbocycles. The maximum absolute atomic E-state index is 10.9. The average molecular weight is 145 g/mol. The number of amides is 1. The summed E-state index contributed by atoms with van der Waals surface area (Å²) in [5.74, 6) is -0.337. The minimum atomic E-state index is -0.272. The molecule has 0 fully saturated rings. The normalized spacial score (nSPS) is 12.7. The van der Waals surface area contributed by atoms with Gasteiger partial charge in [-0.1, -0.05) is 13.8 Å². The summed E-state index contributed by atoms with van der Waals surface area (Å²) in [6, 6.07) is 0. The zero-order valence-electron chi connectivity index (χ0n) is 6.55. The number of nitrogens with one attached hydrogen (secondary N) is 1. The first kappa shape index (κ1) is 9.43. The summed E-state index contributed by atoms with van der Waals surface area (Å²) in [5, 5.41) is 11.2. The summed E-state index contributed by atoms with van der Waals surface area (Å²) in [6.45, 7) is 4.31. The molecular weight excluding hydrogens is 130 g/mol. The molecule has 0 aromatic rings. The van der Waals surface area contributed by atoms with Crippen LogP contribution in [0.2, 0.25) is 0 Å². The second-order valence-electron chi connectivity index (χ2n) is 2.37. The second kappa shape index (κ2) is 5.23. The Labute approximate surface area is 61.4 Å². The molecule has 0 saturated heterocycles. The SMILES string of the molecule is CCCNC(=O)C(C)CO. The first-order chi connectivity index (χ1) is 4.72. The lowest BCUT2D eigenvalue weighted by molar-refractivity contribution is -0.125. The van der Waals surface area contributed by atoms with Crippen molar-refractivity contribution in [2.24, 2.45) is 5.92 Å². The van der Waals surface area contributed by atoms with E-state index in [-0.39, 0.29) is 18.4 Å². The number of carbonyl (C=O) groups is 1. The lowest BCUT2D eigenvalue weighted by Crippen LogP contribution is -2.31. The van der Waals surface area contributed by atoms with E-state index in [0.29, 0.717) is 6.54 Å². The monoisotopic (exact) mass is 145 g/mol. The summed E-state index contributed by atoms with van der Waals surface area (Å²) >= 11 is 0. The van der Waals surface area contributed by atoms with Gasteiger partial charge < -0.3 is 10.4 Å². The van der Waals surface area contributed by atoms with Crippen LogP contribution in [-0.4, -0.2) is 24.2 Å².